The van der Waals surface area contributed by atoms with E-state index in [2.05, 4.69) is 23.1 Å². The molecule has 0 aromatic heterocycles. The lowest BCUT2D eigenvalue weighted by Crippen LogP contribution is -1.90. The molecule has 0 unspecified atom stereocenters. The molecule has 0 fully saturated rings. The third-order valence-corrected chi connectivity index (χ3v) is 3.53. The van der Waals surface area contributed by atoms with Gasteiger partial charge in [-0.15, -0.1) is 18.0 Å². The first-order valence-corrected chi connectivity index (χ1v) is 8.25. The maximum atomic E-state index is 10.6. The van der Waals surface area contributed by atoms with Gasteiger partial charge in [0, 0.05) is 12.1 Å². The fourth-order valence-electron chi connectivity index (χ4n) is 2.19. The van der Waals surface area contributed by atoms with Gasteiger partial charge in [0.05, 0.1) is 10.6 Å². The summed E-state index contributed by atoms with van der Waals surface area (Å²) in [6.07, 6.45) is 8.84. The van der Waals surface area contributed by atoms with Gasteiger partial charge in [-0.25, -0.2) is 0 Å². The van der Waals surface area contributed by atoms with E-state index in [1.807, 2.05) is 40.7 Å². The minimum atomic E-state index is -0.467. The molecule has 6 heteroatoms. The number of nitro benzene ring substituents is 1. The zero-order valence-corrected chi connectivity index (χ0v) is 15.9. The number of hydrogen-bond donors (Lipinski definition) is 1. The maximum absolute atomic E-state index is 10.6. The molecule has 0 bridgehead atoms. The predicted molar refractivity (Wildman–Crippen MR) is 105 cm³/mol. The molecule has 0 spiro atoms. The van der Waals surface area contributed by atoms with Crippen LogP contribution < -0.4 is 0 Å². The zero-order chi connectivity index (χ0) is 20.3. The topological polar surface area (TPSA) is 88.1 Å². The summed E-state index contributed by atoms with van der Waals surface area (Å²) in [5, 5.41) is 28.9. The third kappa shape index (κ3) is 5.71. The van der Waals surface area contributed by atoms with Crippen LogP contribution in [0.4, 0.5) is 17.1 Å². The highest BCUT2D eigenvalue weighted by Crippen LogP contribution is 2.37. The molecule has 1 N–H and O–H groups in total. The van der Waals surface area contributed by atoms with Crippen molar-refractivity contribution >= 4 is 17.1 Å². The second-order valence-electron chi connectivity index (χ2n) is 5.00. The van der Waals surface area contributed by atoms with Gasteiger partial charge in [-0.3, -0.25) is 10.1 Å². The zero-order valence-electron chi connectivity index (χ0n) is 15.9. The van der Waals surface area contributed by atoms with E-state index in [0.717, 1.165) is 23.1 Å². The minimum absolute atomic E-state index is 0.00167. The Bertz CT molecular complexity index is 779. The molecule has 6 nitrogen and oxygen atoms in total. The molecular formula is C20H25N3O3. The highest BCUT2D eigenvalue weighted by molar-refractivity contribution is 5.63. The number of benzene rings is 2. The molecule has 0 radical (unpaired) electrons. The Hall–Kier alpha value is -3.20. The van der Waals surface area contributed by atoms with Gasteiger partial charge in [-0.2, -0.15) is 5.11 Å². The van der Waals surface area contributed by atoms with Crippen LogP contribution in [0.1, 0.15) is 37.5 Å². The van der Waals surface area contributed by atoms with E-state index >= 15 is 0 Å². The Morgan fingerprint density at radius 1 is 1.12 bits per heavy atom. The van der Waals surface area contributed by atoms with Crippen LogP contribution in [0.3, 0.4) is 0 Å². The van der Waals surface area contributed by atoms with Gasteiger partial charge < -0.3 is 5.11 Å². The predicted octanol–water partition coefficient (Wildman–Crippen LogP) is 6.17. The van der Waals surface area contributed by atoms with Crippen molar-refractivity contribution in [2.75, 3.05) is 0 Å². The number of nitrogens with zero attached hydrogens (tertiary/aromatic N) is 3. The van der Waals surface area contributed by atoms with Crippen molar-refractivity contribution < 1.29 is 10.0 Å². The van der Waals surface area contributed by atoms with E-state index in [4.69, 9.17) is 0 Å². The lowest BCUT2D eigenvalue weighted by Gasteiger charge is -2.10. The second-order valence-corrected chi connectivity index (χ2v) is 5.00. The highest BCUT2D eigenvalue weighted by atomic mass is 16.6. The van der Waals surface area contributed by atoms with Crippen LogP contribution in [-0.4, -0.2) is 10.0 Å². The normalized spacial score (nSPS) is 9.65. The first-order valence-electron chi connectivity index (χ1n) is 8.25. The number of aromatic hydroxyl groups is 1. The number of terminal acetylenes is 1. The second kappa shape index (κ2) is 11.4. The Morgan fingerprint density at radius 3 is 2.12 bits per heavy atom. The van der Waals surface area contributed by atoms with E-state index in [1.165, 1.54) is 24.3 Å². The quantitative estimate of drug-likeness (QED) is 0.308. The molecular weight excluding hydrogens is 330 g/mol. The summed E-state index contributed by atoms with van der Waals surface area (Å²) in [4.78, 5) is 10.1. The van der Waals surface area contributed by atoms with Gasteiger partial charge >= 0.3 is 0 Å². The Morgan fingerprint density at radius 2 is 1.65 bits per heavy atom. The summed E-state index contributed by atoms with van der Waals surface area (Å²) in [5.41, 5.74) is 3.67. The van der Waals surface area contributed by atoms with Crippen molar-refractivity contribution in [3.05, 3.63) is 57.1 Å². The van der Waals surface area contributed by atoms with Crippen LogP contribution in [0.2, 0.25) is 0 Å². The van der Waals surface area contributed by atoms with Crippen molar-refractivity contribution in [2.45, 2.75) is 41.0 Å². The van der Waals surface area contributed by atoms with Crippen LogP contribution in [0.5, 0.6) is 5.75 Å². The van der Waals surface area contributed by atoms with Gasteiger partial charge in [0.2, 0.25) is 0 Å². The van der Waals surface area contributed by atoms with Crippen LogP contribution in [0.25, 0.3) is 0 Å². The van der Waals surface area contributed by atoms with E-state index in [0.29, 0.717) is 11.4 Å². The number of rotatable bonds is 4. The van der Waals surface area contributed by atoms with Crippen LogP contribution in [0, 0.1) is 36.8 Å². The number of non-ortho nitro benzene ring substituents is 1. The van der Waals surface area contributed by atoms with Crippen LogP contribution in [0.15, 0.2) is 40.6 Å². The van der Waals surface area contributed by atoms with Crippen molar-refractivity contribution in [1.82, 2.24) is 0 Å². The number of nitro groups is 1. The van der Waals surface area contributed by atoms with Gasteiger partial charge in [0.1, 0.15) is 11.4 Å². The van der Waals surface area contributed by atoms with E-state index in [-0.39, 0.29) is 11.4 Å². The van der Waals surface area contributed by atoms with Gasteiger partial charge in [0.15, 0.2) is 0 Å². The highest BCUT2D eigenvalue weighted by Gasteiger charge is 2.11. The molecule has 2 aromatic rings. The van der Waals surface area contributed by atoms with Gasteiger partial charge in [0.25, 0.3) is 5.69 Å². The average Bonchev–Trinajstić information content (AvgIpc) is 2.68. The molecule has 138 valence electrons. The minimum Gasteiger partial charge on any atom is -0.505 e. The molecule has 0 aliphatic carbocycles. The number of aryl methyl sites for hydroxylation is 2. The van der Waals surface area contributed by atoms with Crippen LogP contribution >= 0.6 is 0 Å². The largest absolute Gasteiger partial charge is 0.505 e. The SMILES string of the molecule is C#C.CC.CCc1cc(C)c(O)c(N=Nc2ccc([N+](=O)[O-])cc2)c1C. The Kier molecular flexibility index (Phi) is 9.97. The first-order chi connectivity index (χ1) is 12.4. The van der Waals surface area contributed by atoms with Gasteiger partial charge in [-0.1, -0.05) is 26.8 Å². The Labute approximate surface area is 154 Å². The summed E-state index contributed by atoms with van der Waals surface area (Å²) in [6.45, 7) is 9.75. The summed E-state index contributed by atoms with van der Waals surface area (Å²) in [6, 6.07) is 7.72. The smallest absolute Gasteiger partial charge is 0.269 e. The molecule has 0 aliphatic rings. The van der Waals surface area contributed by atoms with Crippen molar-refractivity contribution in [1.29, 1.82) is 0 Å². The monoisotopic (exact) mass is 355 g/mol. The molecule has 0 amide bonds. The fraction of sp³-hybridized carbons (Fsp3) is 0.300. The van der Waals surface area contributed by atoms with E-state index in [1.54, 1.807) is 0 Å². The average molecular weight is 355 g/mol. The van der Waals surface area contributed by atoms with Crippen molar-refractivity contribution in [3.63, 3.8) is 0 Å². The van der Waals surface area contributed by atoms with Crippen molar-refractivity contribution in [3.8, 4) is 18.6 Å². The number of azo groups is 1. The number of hydrogen-bond acceptors (Lipinski definition) is 5. The summed E-state index contributed by atoms with van der Waals surface area (Å²) >= 11 is 0. The molecule has 2 rings (SSSR count). The first kappa shape index (κ1) is 22.8. The van der Waals surface area contributed by atoms with Crippen molar-refractivity contribution in [2.24, 2.45) is 10.2 Å². The van der Waals surface area contributed by atoms with E-state index in [9.17, 15) is 15.2 Å². The summed E-state index contributed by atoms with van der Waals surface area (Å²) < 4.78 is 0. The third-order valence-electron chi connectivity index (χ3n) is 3.53. The maximum Gasteiger partial charge on any atom is 0.269 e. The molecule has 26 heavy (non-hydrogen) atoms. The lowest BCUT2D eigenvalue weighted by molar-refractivity contribution is -0.384. The summed E-state index contributed by atoms with van der Waals surface area (Å²) in [5.74, 6) is 0.111. The number of phenolic OH excluding ortho intramolecular Hbond substituents is 1. The molecule has 0 aliphatic heterocycles. The standard InChI is InChI=1S/C16H17N3O3.C2H6.C2H2/c1-4-12-9-10(2)16(20)15(11(12)3)18-17-13-5-7-14(8-6-13)19(21)22;2*1-2/h5-9,20H,4H2,1-3H3;1-2H3;1-2H. The Balaban J connectivity index is 0.00000146. The van der Waals surface area contributed by atoms with Crippen LogP contribution in [-0.2, 0) is 6.42 Å². The fourth-order valence-corrected chi connectivity index (χ4v) is 2.19. The molecule has 2 aromatic carbocycles. The molecule has 0 saturated carbocycles. The van der Waals surface area contributed by atoms with E-state index < -0.39 is 4.92 Å². The molecule has 0 saturated heterocycles. The lowest BCUT2D eigenvalue weighted by atomic mass is 10.0. The summed E-state index contributed by atoms with van der Waals surface area (Å²) in [7, 11) is 0. The van der Waals surface area contributed by atoms with Gasteiger partial charge in [-0.05, 0) is 49.1 Å². The molecule has 0 atom stereocenters. The molecule has 0 heterocycles. The number of phenols is 1.